The Morgan fingerprint density at radius 2 is 1.91 bits per heavy atom. The average Bonchev–Trinajstić information content (AvgIpc) is 2.51. The standard InChI is InChI=1S/C17H28BNO3/c1-3-4-5-6-14-7-9-15(10-8-14)11-12-17(21)16(13-20)19-18(2)22/h7-12,16-17,19-22H,3-6,13H2,1-2H3/b12-11+/t16-,17+/m1/s1. The maximum atomic E-state index is 10.00. The van der Waals surface area contributed by atoms with Crippen LogP contribution < -0.4 is 5.23 Å². The van der Waals surface area contributed by atoms with E-state index in [4.69, 9.17) is 0 Å². The van der Waals surface area contributed by atoms with Crippen LogP contribution in [0.5, 0.6) is 0 Å². The number of benzene rings is 1. The number of hydrogen-bond donors (Lipinski definition) is 4. The van der Waals surface area contributed by atoms with E-state index in [0.29, 0.717) is 0 Å². The van der Waals surface area contributed by atoms with Gasteiger partial charge in [-0.25, -0.2) is 0 Å². The fraction of sp³-hybridized carbons (Fsp3) is 0.529. The summed E-state index contributed by atoms with van der Waals surface area (Å²) in [6, 6.07) is 7.70. The summed E-state index contributed by atoms with van der Waals surface area (Å²) in [5.41, 5.74) is 2.34. The highest BCUT2D eigenvalue weighted by Gasteiger charge is 2.18. The molecule has 0 spiro atoms. The molecule has 2 atom stereocenters. The number of aliphatic hydroxyl groups is 2. The highest BCUT2D eigenvalue weighted by Crippen LogP contribution is 2.11. The van der Waals surface area contributed by atoms with Crippen molar-refractivity contribution in [1.82, 2.24) is 5.23 Å². The molecular weight excluding hydrogens is 277 g/mol. The van der Waals surface area contributed by atoms with E-state index in [0.717, 1.165) is 12.0 Å². The van der Waals surface area contributed by atoms with Crippen molar-refractivity contribution in [2.24, 2.45) is 0 Å². The minimum Gasteiger partial charge on any atom is -0.437 e. The molecular formula is C17H28BNO3. The number of nitrogens with one attached hydrogen (secondary N) is 1. The maximum Gasteiger partial charge on any atom is 0.374 e. The predicted molar refractivity (Wildman–Crippen MR) is 92.6 cm³/mol. The fourth-order valence-corrected chi connectivity index (χ4v) is 2.29. The molecule has 0 aliphatic carbocycles. The Bertz CT molecular complexity index is 434. The lowest BCUT2D eigenvalue weighted by molar-refractivity contribution is 0.133. The topological polar surface area (TPSA) is 72.7 Å². The third-order valence-corrected chi connectivity index (χ3v) is 3.60. The Hall–Kier alpha value is -1.14. The second-order valence-corrected chi connectivity index (χ2v) is 5.68. The van der Waals surface area contributed by atoms with Crippen LogP contribution in [-0.4, -0.2) is 41.0 Å². The van der Waals surface area contributed by atoms with Crippen molar-refractivity contribution in [2.45, 2.75) is 51.6 Å². The molecule has 0 bridgehead atoms. The van der Waals surface area contributed by atoms with Gasteiger partial charge < -0.3 is 20.5 Å². The largest absolute Gasteiger partial charge is 0.437 e. The highest BCUT2D eigenvalue weighted by atomic mass is 16.3. The summed E-state index contributed by atoms with van der Waals surface area (Å²) in [5, 5.41) is 31.2. The zero-order valence-corrected chi connectivity index (χ0v) is 13.6. The van der Waals surface area contributed by atoms with Gasteiger partial charge in [-0.3, -0.25) is 0 Å². The Morgan fingerprint density at radius 1 is 1.23 bits per heavy atom. The van der Waals surface area contributed by atoms with Crippen LogP contribution in [0.1, 0.15) is 37.3 Å². The molecule has 122 valence electrons. The molecule has 0 aromatic heterocycles. The van der Waals surface area contributed by atoms with Crippen molar-refractivity contribution >= 4 is 13.1 Å². The quantitative estimate of drug-likeness (QED) is 0.393. The van der Waals surface area contributed by atoms with Crippen LogP contribution in [-0.2, 0) is 6.42 Å². The smallest absolute Gasteiger partial charge is 0.374 e. The number of aliphatic hydroxyl groups excluding tert-OH is 2. The van der Waals surface area contributed by atoms with E-state index in [2.05, 4.69) is 24.3 Å². The second kappa shape index (κ2) is 10.6. The van der Waals surface area contributed by atoms with Crippen molar-refractivity contribution in [3.05, 3.63) is 41.5 Å². The summed E-state index contributed by atoms with van der Waals surface area (Å²) in [5.74, 6) is 0. The van der Waals surface area contributed by atoms with E-state index in [1.807, 2.05) is 18.2 Å². The molecule has 0 radical (unpaired) electrons. The van der Waals surface area contributed by atoms with Crippen LogP contribution in [0.15, 0.2) is 30.3 Å². The predicted octanol–water partition coefficient (Wildman–Crippen LogP) is 1.85. The lowest BCUT2D eigenvalue weighted by atomic mass is 9.86. The molecule has 1 aromatic carbocycles. The van der Waals surface area contributed by atoms with Gasteiger partial charge in [0.25, 0.3) is 0 Å². The second-order valence-electron chi connectivity index (χ2n) is 5.68. The van der Waals surface area contributed by atoms with Gasteiger partial charge in [0.15, 0.2) is 0 Å². The molecule has 22 heavy (non-hydrogen) atoms. The number of rotatable bonds is 10. The van der Waals surface area contributed by atoms with Crippen LogP contribution >= 0.6 is 0 Å². The normalized spacial score (nSPS) is 14.2. The minimum atomic E-state index is -0.858. The van der Waals surface area contributed by atoms with Gasteiger partial charge in [0.05, 0.1) is 18.8 Å². The Kier molecular flexibility index (Phi) is 9.08. The van der Waals surface area contributed by atoms with Gasteiger partial charge in [0.1, 0.15) is 0 Å². The van der Waals surface area contributed by atoms with Crippen molar-refractivity contribution in [1.29, 1.82) is 0 Å². The average molecular weight is 305 g/mol. The number of unbranched alkanes of at least 4 members (excludes halogenated alkanes) is 2. The van der Waals surface area contributed by atoms with Crippen LogP contribution in [0.4, 0.5) is 0 Å². The summed E-state index contributed by atoms with van der Waals surface area (Å²) >= 11 is 0. The molecule has 0 heterocycles. The van der Waals surface area contributed by atoms with E-state index in [1.165, 1.54) is 24.8 Å². The first-order chi connectivity index (χ1) is 10.6. The van der Waals surface area contributed by atoms with E-state index in [-0.39, 0.29) is 6.61 Å². The van der Waals surface area contributed by atoms with Gasteiger partial charge in [-0.05, 0) is 30.8 Å². The molecule has 1 rings (SSSR count). The molecule has 4 nitrogen and oxygen atoms in total. The first kappa shape index (κ1) is 18.9. The van der Waals surface area contributed by atoms with Crippen LogP contribution in [0.3, 0.4) is 0 Å². The van der Waals surface area contributed by atoms with Gasteiger partial charge >= 0.3 is 7.05 Å². The van der Waals surface area contributed by atoms with Gasteiger partial charge in [0, 0.05) is 0 Å². The number of hydrogen-bond acceptors (Lipinski definition) is 4. The van der Waals surface area contributed by atoms with Crippen LogP contribution in [0, 0.1) is 0 Å². The van der Waals surface area contributed by atoms with E-state index in [1.54, 1.807) is 12.9 Å². The van der Waals surface area contributed by atoms with Gasteiger partial charge in [-0.1, -0.05) is 56.2 Å². The lowest BCUT2D eigenvalue weighted by Gasteiger charge is -2.20. The van der Waals surface area contributed by atoms with Crippen LogP contribution in [0.25, 0.3) is 6.08 Å². The Balaban J connectivity index is 2.54. The highest BCUT2D eigenvalue weighted by molar-refractivity contribution is 6.45. The molecule has 1 aromatic rings. The van der Waals surface area contributed by atoms with Crippen molar-refractivity contribution < 1.29 is 15.2 Å². The summed E-state index contributed by atoms with van der Waals surface area (Å²) < 4.78 is 0. The maximum absolute atomic E-state index is 10.00. The van der Waals surface area contributed by atoms with Crippen molar-refractivity contribution in [3.63, 3.8) is 0 Å². The van der Waals surface area contributed by atoms with Gasteiger partial charge in [-0.2, -0.15) is 0 Å². The van der Waals surface area contributed by atoms with E-state index in [9.17, 15) is 15.2 Å². The van der Waals surface area contributed by atoms with E-state index < -0.39 is 19.2 Å². The zero-order chi connectivity index (χ0) is 16.4. The Labute approximate surface area is 134 Å². The first-order valence-corrected chi connectivity index (χ1v) is 8.07. The number of aryl methyl sites for hydroxylation is 1. The molecule has 0 unspecified atom stereocenters. The summed E-state index contributed by atoms with van der Waals surface area (Å²) in [4.78, 5) is 0. The molecule has 5 heteroatoms. The lowest BCUT2D eigenvalue weighted by Crippen LogP contribution is -2.48. The third kappa shape index (κ3) is 7.23. The summed E-state index contributed by atoms with van der Waals surface area (Å²) in [6.07, 6.45) is 7.40. The molecule has 0 amide bonds. The van der Waals surface area contributed by atoms with Crippen molar-refractivity contribution in [3.8, 4) is 0 Å². The molecule has 0 saturated heterocycles. The molecule has 4 N–H and O–H groups in total. The summed E-state index contributed by atoms with van der Waals surface area (Å²) in [6.45, 7) is 3.51. The monoisotopic (exact) mass is 305 g/mol. The van der Waals surface area contributed by atoms with Crippen LogP contribution in [0.2, 0.25) is 6.82 Å². The van der Waals surface area contributed by atoms with Gasteiger partial charge in [0.2, 0.25) is 0 Å². The van der Waals surface area contributed by atoms with E-state index >= 15 is 0 Å². The van der Waals surface area contributed by atoms with Gasteiger partial charge in [-0.15, -0.1) is 0 Å². The SMILES string of the molecule is CCCCCc1ccc(/C=C/[C@H](O)[C@@H](CO)NB(C)O)cc1. The third-order valence-electron chi connectivity index (χ3n) is 3.60. The Morgan fingerprint density at radius 3 is 2.45 bits per heavy atom. The molecule has 0 saturated carbocycles. The molecule has 0 fully saturated rings. The van der Waals surface area contributed by atoms with Crippen molar-refractivity contribution in [2.75, 3.05) is 6.61 Å². The fourth-order valence-electron chi connectivity index (χ4n) is 2.29. The zero-order valence-electron chi connectivity index (χ0n) is 13.6. The molecule has 0 aliphatic heterocycles. The first-order valence-electron chi connectivity index (χ1n) is 8.07. The molecule has 0 aliphatic rings. The summed E-state index contributed by atoms with van der Waals surface area (Å²) in [7, 11) is -0.775. The minimum absolute atomic E-state index is 0.243.